The minimum Gasteiger partial charge on any atom is -0.382 e. The summed E-state index contributed by atoms with van der Waals surface area (Å²) in [6, 6.07) is 0. The molecule has 0 aromatic rings. The van der Waals surface area contributed by atoms with Crippen LogP contribution >= 0.6 is 0 Å². The lowest BCUT2D eigenvalue weighted by molar-refractivity contribution is 0.155. The lowest BCUT2D eigenvalue weighted by Crippen LogP contribution is -1.95. The Morgan fingerprint density at radius 2 is 2.50 bits per heavy atom. The Bertz CT molecular complexity index is 87.3. The molecule has 4 nitrogen and oxygen atoms in total. The second-order valence-electron chi connectivity index (χ2n) is 1.15. The molecule has 0 aliphatic carbocycles. The first kappa shape index (κ1) is 7.27. The van der Waals surface area contributed by atoms with Gasteiger partial charge in [0.05, 0.1) is 6.61 Å². The maximum Gasteiger partial charge on any atom is 0.0522 e. The van der Waals surface area contributed by atoms with Gasteiger partial charge in [0.25, 0.3) is 0 Å². The third kappa shape index (κ3) is 5.27. The van der Waals surface area contributed by atoms with E-state index in [4.69, 9.17) is 10.3 Å². The summed E-state index contributed by atoms with van der Waals surface area (Å²) in [6.45, 7) is 3.54. The van der Waals surface area contributed by atoms with E-state index in [0.717, 1.165) is 0 Å². The minimum absolute atomic E-state index is 0.435. The van der Waals surface area contributed by atoms with Crippen LogP contribution in [0.15, 0.2) is 5.11 Å². The fourth-order valence-corrected chi connectivity index (χ4v) is 0.294. The van der Waals surface area contributed by atoms with Crippen LogP contribution in [0.4, 0.5) is 0 Å². The van der Waals surface area contributed by atoms with Crippen molar-refractivity contribution >= 4 is 0 Å². The molecule has 46 valence electrons. The van der Waals surface area contributed by atoms with Gasteiger partial charge in [-0.1, -0.05) is 5.11 Å². The molecule has 0 rings (SSSR count). The van der Waals surface area contributed by atoms with E-state index in [-0.39, 0.29) is 0 Å². The van der Waals surface area contributed by atoms with Crippen molar-refractivity contribution in [1.82, 2.24) is 0 Å². The monoisotopic (exact) mass is 115 g/mol. The Morgan fingerprint density at radius 3 is 3.00 bits per heavy atom. The maximum atomic E-state index is 7.77. The zero-order valence-corrected chi connectivity index (χ0v) is 4.87. The summed E-state index contributed by atoms with van der Waals surface area (Å²) in [5.74, 6) is 0. The van der Waals surface area contributed by atoms with Crippen LogP contribution in [-0.2, 0) is 4.74 Å². The third-order valence-electron chi connectivity index (χ3n) is 0.603. The molecule has 0 radical (unpaired) electrons. The molecule has 0 aromatic heterocycles. The first-order chi connectivity index (χ1) is 3.91. The van der Waals surface area contributed by atoms with Gasteiger partial charge >= 0.3 is 0 Å². The Hall–Kier alpha value is -0.730. The summed E-state index contributed by atoms with van der Waals surface area (Å²) >= 11 is 0. The largest absolute Gasteiger partial charge is 0.382 e. The van der Waals surface area contributed by atoms with Gasteiger partial charge in [0.1, 0.15) is 0 Å². The van der Waals surface area contributed by atoms with Crippen LogP contribution in [0.5, 0.6) is 0 Å². The van der Waals surface area contributed by atoms with Gasteiger partial charge in [-0.3, -0.25) is 0 Å². The van der Waals surface area contributed by atoms with Crippen molar-refractivity contribution in [3.63, 3.8) is 0 Å². The molecule has 0 spiro atoms. The van der Waals surface area contributed by atoms with E-state index in [0.29, 0.717) is 19.8 Å². The lowest BCUT2D eigenvalue weighted by Gasteiger charge is -1.91. The van der Waals surface area contributed by atoms with E-state index in [1.54, 1.807) is 0 Å². The highest BCUT2D eigenvalue weighted by atomic mass is 16.5. The lowest BCUT2D eigenvalue weighted by atomic mass is 10.7. The van der Waals surface area contributed by atoms with Gasteiger partial charge in [-0.2, -0.15) is 0 Å². The fourth-order valence-electron chi connectivity index (χ4n) is 0.294. The summed E-state index contributed by atoms with van der Waals surface area (Å²) in [4.78, 5) is 2.55. The van der Waals surface area contributed by atoms with Gasteiger partial charge in [-0.25, -0.2) is 0 Å². The molecule has 0 bridgehead atoms. The first-order valence-electron chi connectivity index (χ1n) is 2.50. The average Bonchev–Trinajstić information content (AvgIpc) is 1.81. The number of azide groups is 1. The molecule has 0 saturated heterocycles. The summed E-state index contributed by atoms with van der Waals surface area (Å²) in [6.07, 6.45) is 0. The number of nitrogens with zero attached hydrogens (tertiary/aromatic N) is 3. The van der Waals surface area contributed by atoms with Crippen molar-refractivity contribution in [2.45, 2.75) is 6.92 Å². The topological polar surface area (TPSA) is 58.0 Å². The SMILES string of the molecule is CCOCCN=[N+]=[N-]. The van der Waals surface area contributed by atoms with Crippen LogP contribution in [0.1, 0.15) is 6.92 Å². The predicted molar refractivity (Wildman–Crippen MR) is 30.5 cm³/mol. The second kappa shape index (κ2) is 6.27. The van der Waals surface area contributed by atoms with Gasteiger partial charge in [-0.15, -0.1) is 0 Å². The molecule has 0 heterocycles. The zero-order valence-electron chi connectivity index (χ0n) is 4.87. The number of hydrogen-bond donors (Lipinski definition) is 0. The Morgan fingerprint density at radius 1 is 1.75 bits per heavy atom. The number of ether oxygens (including phenoxy) is 1. The second-order valence-corrected chi connectivity index (χ2v) is 1.15. The van der Waals surface area contributed by atoms with Crippen molar-refractivity contribution in [2.24, 2.45) is 5.11 Å². The number of rotatable bonds is 4. The van der Waals surface area contributed by atoms with Crippen molar-refractivity contribution in [3.05, 3.63) is 10.4 Å². The van der Waals surface area contributed by atoms with Crippen LogP contribution < -0.4 is 0 Å². The number of hydrogen-bond acceptors (Lipinski definition) is 2. The van der Waals surface area contributed by atoms with Crippen molar-refractivity contribution < 1.29 is 4.74 Å². The Balaban J connectivity index is 2.82. The van der Waals surface area contributed by atoms with Crippen LogP contribution in [0, 0.1) is 0 Å². The molecule has 4 heteroatoms. The third-order valence-corrected chi connectivity index (χ3v) is 0.603. The summed E-state index contributed by atoms with van der Waals surface area (Å²) in [5.41, 5.74) is 7.77. The van der Waals surface area contributed by atoms with E-state index in [1.165, 1.54) is 0 Å². The van der Waals surface area contributed by atoms with Gasteiger partial charge in [-0.05, 0) is 12.5 Å². The summed E-state index contributed by atoms with van der Waals surface area (Å²) < 4.78 is 4.87. The molecule has 0 aliphatic rings. The van der Waals surface area contributed by atoms with Crippen LogP contribution in [-0.4, -0.2) is 19.8 Å². The highest BCUT2D eigenvalue weighted by molar-refractivity contribution is 4.42. The highest BCUT2D eigenvalue weighted by Crippen LogP contribution is 1.74. The van der Waals surface area contributed by atoms with E-state index >= 15 is 0 Å². The minimum atomic E-state index is 0.435. The molecule has 0 fully saturated rings. The molecule has 0 N–H and O–H groups in total. The standard InChI is InChI=1S/C4H9N3O/c1-2-8-4-3-6-7-5/h2-4H2,1H3. The molecule has 0 amide bonds. The highest BCUT2D eigenvalue weighted by Gasteiger charge is 1.77. The molecular formula is C4H9N3O. The van der Waals surface area contributed by atoms with Crippen LogP contribution in [0.25, 0.3) is 10.4 Å². The molecule has 0 saturated carbocycles. The summed E-state index contributed by atoms with van der Waals surface area (Å²) in [5, 5.41) is 3.26. The first-order valence-corrected chi connectivity index (χ1v) is 2.50. The zero-order chi connectivity index (χ0) is 6.24. The average molecular weight is 115 g/mol. The molecule has 0 unspecified atom stereocenters. The van der Waals surface area contributed by atoms with E-state index in [9.17, 15) is 0 Å². The molecule has 8 heavy (non-hydrogen) atoms. The van der Waals surface area contributed by atoms with Gasteiger partial charge in [0, 0.05) is 18.1 Å². The smallest absolute Gasteiger partial charge is 0.0522 e. The summed E-state index contributed by atoms with van der Waals surface area (Å²) in [7, 11) is 0. The fraction of sp³-hybridized carbons (Fsp3) is 1.00. The Labute approximate surface area is 48.1 Å². The van der Waals surface area contributed by atoms with Crippen molar-refractivity contribution in [2.75, 3.05) is 19.8 Å². The van der Waals surface area contributed by atoms with Crippen LogP contribution in [0.2, 0.25) is 0 Å². The van der Waals surface area contributed by atoms with E-state index in [2.05, 4.69) is 10.0 Å². The van der Waals surface area contributed by atoms with Crippen LogP contribution in [0.3, 0.4) is 0 Å². The van der Waals surface area contributed by atoms with Gasteiger partial charge in [0.15, 0.2) is 0 Å². The van der Waals surface area contributed by atoms with Gasteiger partial charge < -0.3 is 4.74 Å². The maximum absolute atomic E-state index is 7.77. The normalized spacial score (nSPS) is 8.12. The van der Waals surface area contributed by atoms with Gasteiger partial charge in [0.2, 0.25) is 0 Å². The van der Waals surface area contributed by atoms with Crippen molar-refractivity contribution in [1.29, 1.82) is 0 Å². The molecule has 0 aromatic carbocycles. The Kier molecular flexibility index (Phi) is 5.70. The predicted octanol–water partition coefficient (Wildman–Crippen LogP) is 1.33. The molecule has 0 atom stereocenters. The van der Waals surface area contributed by atoms with E-state index in [1.807, 2.05) is 6.92 Å². The van der Waals surface area contributed by atoms with E-state index < -0.39 is 0 Å². The quantitative estimate of drug-likeness (QED) is 0.236. The molecular weight excluding hydrogens is 106 g/mol. The molecule has 0 aliphatic heterocycles. The van der Waals surface area contributed by atoms with Crippen molar-refractivity contribution in [3.8, 4) is 0 Å².